The number of nitrogens with zero attached hydrogens (tertiary/aromatic N) is 4. The van der Waals surface area contributed by atoms with Crippen molar-refractivity contribution in [3.63, 3.8) is 0 Å². The molecule has 1 spiro atoms. The fourth-order valence-electron chi connectivity index (χ4n) is 4.86. The summed E-state index contributed by atoms with van der Waals surface area (Å²) >= 11 is 1.55. The molecule has 1 atom stereocenters. The number of piperidine rings is 2. The minimum atomic E-state index is 0.262. The quantitative estimate of drug-likeness (QED) is 0.771. The molecular formula is C20H32N4O2S. The van der Waals surface area contributed by atoms with Gasteiger partial charge in [0.05, 0.1) is 16.7 Å². The minimum absolute atomic E-state index is 0.262. The Balaban J connectivity index is 1.33. The van der Waals surface area contributed by atoms with Crippen LogP contribution >= 0.6 is 11.5 Å². The van der Waals surface area contributed by atoms with Gasteiger partial charge in [0.25, 0.3) is 0 Å². The highest BCUT2D eigenvalue weighted by Gasteiger charge is 2.41. The van der Waals surface area contributed by atoms with Crippen LogP contribution in [0, 0.1) is 5.41 Å². The molecule has 3 aliphatic heterocycles. The van der Waals surface area contributed by atoms with Crippen LogP contribution in [0.1, 0.15) is 68.9 Å². The second-order valence-corrected chi connectivity index (χ2v) is 9.76. The lowest BCUT2D eigenvalue weighted by atomic mass is 9.72. The van der Waals surface area contributed by atoms with Gasteiger partial charge >= 0.3 is 0 Å². The molecule has 4 heterocycles. The molecule has 3 saturated heterocycles. The van der Waals surface area contributed by atoms with E-state index >= 15 is 0 Å². The standard InChI is InChI=1S/C20H32N4O2S/c1-15(2)19-17(27-22-21-19)13-23-9-7-20(8-10-23)6-5-18(25)24(14-20)12-16-4-3-11-26-16/h15-16H,3-14H2,1-2H3/t16-/m1/s1. The van der Waals surface area contributed by atoms with Crippen molar-refractivity contribution in [1.82, 2.24) is 19.4 Å². The van der Waals surface area contributed by atoms with Gasteiger partial charge in [-0.2, -0.15) is 0 Å². The Morgan fingerprint density at radius 1 is 1.30 bits per heavy atom. The summed E-state index contributed by atoms with van der Waals surface area (Å²) in [6, 6.07) is 0. The Bertz CT molecular complexity index is 648. The van der Waals surface area contributed by atoms with E-state index in [1.807, 2.05) is 0 Å². The lowest BCUT2D eigenvalue weighted by Gasteiger charge is -2.47. The first-order valence-corrected chi connectivity index (χ1v) is 11.2. The van der Waals surface area contributed by atoms with Crippen LogP contribution in [0.5, 0.6) is 0 Å². The topological polar surface area (TPSA) is 58.6 Å². The fourth-order valence-corrected chi connectivity index (χ4v) is 5.70. The van der Waals surface area contributed by atoms with Gasteiger partial charge in [0, 0.05) is 32.7 Å². The third-order valence-electron chi connectivity index (χ3n) is 6.61. The molecule has 0 saturated carbocycles. The van der Waals surface area contributed by atoms with Crippen LogP contribution in [0.3, 0.4) is 0 Å². The van der Waals surface area contributed by atoms with Gasteiger partial charge < -0.3 is 9.64 Å². The van der Waals surface area contributed by atoms with E-state index in [-0.39, 0.29) is 6.10 Å². The monoisotopic (exact) mass is 392 g/mol. The van der Waals surface area contributed by atoms with Crippen molar-refractivity contribution >= 4 is 17.4 Å². The highest BCUT2D eigenvalue weighted by molar-refractivity contribution is 7.05. The lowest BCUT2D eigenvalue weighted by molar-refractivity contribution is -0.141. The van der Waals surface area contributed by atoms with Gasteiger partial charge in [0.2, 0.25) is 5.91 Å². The molecule has 4 rings (SSSR count). The third-order valence-corrected chi connectivity index (χ3v) is 7.33. The van der Waals surface area contributed by atoms with Crippen molar-refractivity contribution in [1.29, 1.82) is 0 Å². The number of rotatable bonds is 5. The molecule has 0 N–H and O–H groups in total. The van der Waals surface area contributed by atoms with E-state index < -0.39 is 0 Å². The number of carbonyl (C=O) groups is 1. The van der Waals surface area contributed by atoms with Crippen molar-refractivity contribution in [2.75, 3.05) is 32.8 Å². The largest absolute Gasteiger partial charge is 0.376 e. The molecule has 0 aromatic carbocycles. The summed E-state index contributed by atoms with van der Waals surface area (Å²) < 4.78 is 9.94. The summed E-state index contributed by atoms with van der Waals surface area (Å²) in [4.78, 5) is 18.4. The first-order valence-electron chi connectivity index (χ1n) is 10.5. The smallest absolute Gasteiger partial charge is 0.222 e. The Hall–Kier alpha value is -1.05. The van der Waals surface area contributed by atoms with Crippen LogP contribution in [-0.4, -0.2) is 64.2 Å². The summed E-state index contributed by atoms with van der Waals surface area (Å²) in [6.07, 6.45) is 6.64. The van der Waals surface area contributed by atoms with Gasteiger partial charge in [-0.25, -0.2) is 0 Å². The van der Waals surface area contributed by atoms with Gasteiger partial charge in [0.15, 0.2) is 0 Å². The Morgan fingerprint density at radius 3 is 2.81 bits per heavy atom. The van der Waals surface area contributed by atoms with Gasteiger partial charge in [-0.3, -0.25) is 9.69 Å². The Morgan fingerprint density at radius 2 is 2.11 bits per heavy atom. The van der Waals surface area contributed by atoms with Crippen LogP contribution in [-0.2, 0) is 16.1 Å². The second-order valence-electron chi connectivity index (χ2n) is 8.92. The maximum Gasteiger partial charge on any atom is 0.222 e. The molecule has 27 heavy (non-hydrogen) atoms. The van der Waals surface area contributed by atoms with E-state index in [2.05, 4.69) is 33.2 Å². The number of likely N-dealkylation sites (tertiary alicyclic amines) is 2. The lowest BCUT2D eigenvalue weighted by Crippen LogP contribution is -2.52. The maximum absolute atomic E-state index is 12.4. The molecule has 1 aromatic heterocycles. The molecule has 3 fully saturated rings. The molecule has 3 aliphatic rings. The zero-order chi connectivity index (χ0) is 18.9. The van der Waals surface area contributed by atoms with Gasteiger partial charge in [-0.15, -0.1) is 5.10 Å². The maximum atomic E-state index is 12.4. The van der Waals surface area contributed by atoms with Crippen LogP contribution in [0.15, 0.2) is 0 Å². The Kier molecular flexibility index (Phi) is 5.81. The van der Waals surface area contributed by atoms with Crippen LogP contribution in [0.25, 0.3) is 0 Å². The summed E-state index contributed by atoms with van der Waals surface area (Å²) in [5.74, 6) is 0.765. The predicted molar refractivity (Wildman–Crippen MR) is 106 cm³/mol. The number of aromatic nitrogens is 2. The molecule has 0 radical (unpaired) electrons. The molecule has 0 aliphatic carbocycles. The highest BCUT2D eigenvalue weighted by Crippen LogP contribution is 2.41. The number of ether oxygens (including phenoxy) is 1. The highest BCUT2D eigenvalue weighted by atomic mass is 32.1. The first-order chi connectivity index (χ1) is 13.0. The van der Waals surface area contributed by atoms with Crippen LogP contribution in [0.4, 0.5) is 0 Å². The van der Waals surface area contributed by atoms with Crippen molar-refractivity contribution in [2.24, 2.45) is 5.41 Å². The van der Waals surface area contributed by atoms with E-state index in [1.165, 1.54) is 17.7 Å². The van der Waals surface area contributed by atoms with Gasteiger partial charge in [-0.1, -0.05) is 18.3 Å². The summed E-state index contributed by atoms with van der Waals surface area (Å²) in [5.41, 5.74) is 1.47. The zero-order valence-corrected chi connectivity index (χ0v) is 17.5. The average Bonchev–Trinajstić information content (AvgIpc) is 3.32. The SMILES string of the molecule is CC(C)c1nnsc1CN1CCC2(CCC(=O)N(C[C@H]3CCCO3)C2)CC1. The Labute approximate surface area is 166 Å². The van der Waals surface area contributed by atoms with Crippen molar-refractivity contribution in [2.45, 2.75) is 70.9 Å². The third kappa shape index (κ3) is 4.35. The van der Waals surface area contributed by atoms with E-state index in [9.17, 15) is 4.79 Å². The zero-order valence-electron chi connectivity index (χ0n) is 16.7. The first kappa shape index (κ1) is 19.3. The van der Waals surface area contributed by atoms with Gasteiger partial charge in [-0.05, 0) is 68.1 Å². The molecule has 1 amide bonds. The molecule has 150 valence electrons. The molecular weight excluding hydrogens is 360 g/mol. The number of hydrogen-bond acceptors (Lipinski definition) is 6. The number of hydrogen-bond donors (Lipinski definition) is 0. The summed E-state index contributed by atoms with van der Waals surface area (Å²) in [6.45, 7) is 10.2. The molecule has 0 bridgehead atoms. The van der Waals surface area contributed by atoms with Gasteiger partial charge in [0.1, 0.15) is 0 Å². The molecule has 6 nitrogen and oxygen atoms in total. The van der Waals surface area contributed by atoms with E-state index in [0.717, 1.165) is 64.3 Å². The van der Waals surface area contributed by atoms with Crippen molar-refractivity contribution in [3.05, 3.63) is 10.6 Å². The van der Waals surface area contributed by atoms with E-state index in [1.54, 1.807) is 11.5 Å². The normalized spacial score (nSPS) is 26.4. The number of amides is 1. The van der Waals surface area contributed by atoms with Crippen molar-refractivity contribution < 1.29 is 9.53 Å². The predicted octanol–water partition coefficient (Wildman–Crippen LogP) is 3.05. The minimum Gasteiger partial charge on any atom is -0.376 e. The second kappa shape index (κ2) is 8.13. The fraction of sp³-hybridized carbons (Fsp3) is 0.850. The van der Waals surface area contributed by atoms with Crippen LogP contribution < -0.4 is 0 Å². The average molecular weight is 393 g/mol. The van der Waals surface area contributed by atoms with Crippen LogP contribution in [0.2, 0.25) is 0 Å². The van der Waals surface area contributed by atoms with Crippen molar-refractivity contribution in [3.8, 4) is 0 Å². The van der Waals surface area contributed by atoms with E-state index in [4.69, 9.17) is 4.74 Å². The summed E-state index contributed by atoms with van der Waals surface area (Å²) in [5, 5.41) is 4.32. The molecule has 7 heteroatoms. The number of carbonyl (C=O) groups excluding carboxylic acids is 1. The summed E-state index contributed by atoms with van der Waals surface area (Å²) in [7, 11) is 0. The molecule has 0 unspecified atom stereocenters. The molecule has 1 aromatic rings. The van der Waals surface area contributed by atoms with E-state index in [0.29, 0.717) is 23.7 Å².